The largest absolute Gasteiger partial charge is 0.489 e. The minimum atomic E-state index is -1.13. The third-order valence-corrected chi connectivity index (χ3v) is 6.07. The standard InChI is InChI=1S/C25H28O6/c1-4-25(23(27)30-21-22(26)29-16-24(21,2)3)13-12-18-10-11-19(14-20(18)31-25)28-15-17-8-6-5-7-9-17/h5-11,14,21H,4,12-13,15-16H2,1-3H3/t21-,25+/m1/s1. The molecule has 0 bridgehead atoms. The van der Waals surface area contributed by atoms with Crippen molar-refractivity contribution in [1.29, 1.82) is 0 Å². The molecule has 2 aromatic rings. The van der Waals surface area contributed by atoms with E-state index in [-0.39, 0.29) is 6.61 Å². The molecule has 2 aliphatic heterocycles. The monoisotopic (exact) mass is 424 g/mol. The van der Waals surface area contributed by atoms with Gasteiger partial charge >= 0.3 is 11.9 Å². The molecule has 6 heteroatoms. The van der Waals surface area contributed by atoms with Gasteiger partial charge in [0, 0.05) is 17.9 Å². The molecule has 2 heterocycles. The van der Waals surface area contributed by atoms with Crippen LogP contribution < -0.4 is 9.47 Å². The Hall–Kier alpha value is -3.02. The van der Waals surface area contributed by atoms with Gasteiger partial charge in [-0.2, -0.15) is 0 Å². The molecule has 164 valence electrons. The molecule has 2 aromatic carbocycles. The first kappa shape index (κ1) is 21.2. The summed E-state index contributed by atoms with van der Waals surface area (Å²) in [4.78, 5) is 25.2. The molecule has 0 unspecified atom stereocenters. The number of carbonyl (C=O) groups is 2. The number of benzene rings is 2. The fourth-order valence-corrected chi connectivity index (χ4v) is 3.95. The van der Waals surface area contributed by atoms with Gasteiger partial charge in [0.25, 0.3) is 0 Å². The Labute approximate surface area is 182 Å². The number of aryl methyl sites for hydroxylation is 1. The van der Waals surface area contributed by atoms with Crippen LogP contribution in [0.25, 0.3) is 0 Å². The lowest BCUT2D eigenvalue weighted by Gasteiger charge is -2.37. The first-order valence-corrected chi connectivity index (χ1v) is 10.7. The zero-order chi connectivity index (χ0) is 22.1. The van der Waals surface area contributed by atoms with Gasteiger partial charge in [-0.15, -0.1) is 0 Å². The smallest absolute Gasteiger partial charge is 0.351 e. The lowest BCUT2D eigenvalue weighted by atomic mass is 9.87. The Morgan fingerprint density at radius 1 is 1.16 bits per heavy atom. The van der Waals surface area contributed by atoms with E-state index in [2.05, 4.69) is 0 Å². The maximum Gasteiger partial charge on any atom is 0.351 e. The van der Waals surface area contributed by atoms with Gasteiger partial charge in [-0.05, 0) is 30.0 Å². The highest BCUT2D eigenvalue weighted by Crippen LogP contribution is 2.40. The van der Waals surface area contributed by atoms with E-state index in [1.807, 2.05) is 69.3 Å². The van der Waals surface area contributed by atoms with E-state index in [0.717, 1.165) is 11.1 Å². The number of ether oxygens (including phenoxy) is 4. The summed E-state index contributed by atoms with van der Waals surface area (Å²) in [6.45, 7) is 6.26. The molecule has 6 nitrogen and oxygen atoms in total. The van der Waals surface area contributed by atoms with Gasteiger partial charge in [0.05, 0.1) is 0 Å². The molecule has 0 saturated carbocycles. The second-order valence-corrected chi connectivity index (χ2v) is 8.88. The molecule has 0 spiro atoms. The average molecular weight is 424 g/mol. The van der Waals surface area contributed by atoms with E-state index in [1.54, 1.807) is 0 Å². The summed E-state index contributed by atoms with van der Waals surface area (Å²) < 4.78 is 22.9. The Balaban J connectivity index is 1.49. The Bertz CT molecular complexity index is 967. The number of rotatable bonds is 6. The van der Waals surface area contributed by atoms with E-state index >= 15 is 0 Å². The highest BCUT2D eigenvalue weighted by molar-refractivity contribution is 5.86. The van der Waals surface area contributed by atoms with Crippen molar-refractivity contribution in [3.63, 3.8) is 0 Å². The molecular weight excluding hydrogens is 396 g/mol. The number of carbonyl (C=O) groups excluding carboxylic acids is 2. The molecule has 0 radical (unpaired) electrons. The van der Waals surface area contributed by atoms with Crippen molar-refractivity contribution in [2.45, 2.75) is 58.3 Å². The van der Waals surface area contributed by atoms with Gasteiger partial charge in [-0.1, -0.05) is 57.2 Å². The minimum Gasteiger partial charge on any atom is -0.489 e. The van der Waals surface area contributed by atoms with Crippen molar-refractivity contribution < 1.29 is 28.5 Å². The van der Waals surface area contributed by atoms with Gasteiger partial charge in [0.1, 0.15) is 24.7 Å². The van der Waals surface area contributed by atoms with E-state index < -0.39 is 29.1 Å². The Kier molecular flexibility index (Phi) is 5.65. The quantitative estimate of drug-likeness (QED) is 0.646. The lowest BCUT2D eigenvalue weighted by molar-refractivity contribution is -0.178. The van der Waals surface area contributed by atoms with Crippen LogP contribution in [0.5, 0.6) is 11.5 Å². The summed E-state index contributed by atoms with van der Waals surface area (Å²) in [6, 6.07) is 15.6. The fraction of sp³-hybridized carbons (Fsp3) is 0.440. The molecule has 1 saturated heterocycles. The molecule has 31 heavy (non-hydrogen) atoms. The maximum absolute atomic E-state index is 13.2. The van der Waals surface area contributed by atoms with Gasteiger partial charge in [0.2, 0.25) is 11.7 Å². The lowest BCUT2D eigenvalue weighted by Crippen LogP contribution is -2.50. The van der Waals surface area contributed by atoms with Crippen molar-refractivity contribution >= 4 is 11.9 Å². The number of hydrogen-bond donors (Lipinski definition) is 0. The first-order chi connectivity index (χ1) is 14.8. The van der Waals surface area contributed by atoms with Gasteiger partial charge in [0.15, 0.2) is 0 Å². The van der Waals surface area contributed by atoms with Crippen LogP contribution >= 0.6 is 0 Å². The molecular formula is C25H28O6. The van der Waals surface area contributed by atoms with Crippen LogP contribution in [-0.2, 0) is 32.1 Å². The van der Waals surface area contributed by atoms with Gasteiger partial charge in [-0.3, -0.25) is 0 Å². The summed E-state index contributed by atoms with van der Waals surface area (Å²) in [5.41, 5.74) is 0.389. The van der Waals surface area contributed by atoms with Crippen molar-refractivity contribution in [3.8, 4) is 11.5 Å². The van der Waals surface area contributed by atoms with E-state index in [1.165, 1.54) is 0 Å². The third-order valence-electron chi connectivity index (χ3n) is 6.07. The highest BCUT2D eigenvalue weighted by atomic mass is 16.6. The molecule has 0 aliphatic carbocycles. The normalized spacial score (nSPS) is 24.0. The van der Waals surface area contributed by atoms with Crippen LogP contribution in [-0.4, -0.2) is 30.3 Å². The second kappa shape index (κ2) is 8.25. The molecule has 4 rings (SSSR count). The van der Waals surface area contributed by atoms with Crippen LogP contribution in [0, 0.1) is 5.41 Å². The number of esters is 2. The van der Waals surface area contributed by atoms with Crippen molar-refractivity contribution in [1.82, 2.24) is 0 Å². The van der Waals surface area contributed by atoms with Crippen molar-refractivity contribution in [2.24, 2.45) is 5.41 Å². The fourth-order valence-electron chi connectivity index (χ4n) is 3.95. The summed E-state index contributed by atoms with van der Waals surface area (Å²) in [5, 5.41) is 0. The average Bonchev–Trinajstić information content (AvgIpc) is 3.04. The molecule has 2 atom stereocenters. The minimum absolute atomic E-state index is 0.231. The predicted molar refractivity (Wildman–Crippen MR) is 114 cm³/mol. The predicted octanol–water partition coefficient (Wildman–Crippen LogP) is 4.23. The SMILES string of the molecule is CC[C@@]1(C(=O)O[C@@H]2C(=O)OCC2(C)C)CCc2ccc(OCc3ccccc3)cc2O1. The van der Waals surface area contributed by atoms with Crippen LogP contribution in [0.2, 0.25) is 0 Å². The van der Waals surface area contributed by atoms with Crippen LogP contribution in [0.3, 0.4) is 0 Å². The summed E-state index contributed by atoms with van der Waals surface area (Å²) in [6.07, 6.45) is 0.675. The maximum atomic E-state index is 13.2. The zero-order valence-electron chi connectivity index (χ0n) is 18.2. The number of hydrogen-bond acceptors (Lipinski definition) is 6. The number of cyclic esters (lactones) is 1. The number of fused-ring (bicyclic) bond motifs is 1. The van der Waals surface area contributed by atoms with E-state index in [9.17, 15) is 9.59 Å². The molecule has 1 fully saturated rings. The van der Waals surface area contributed by atoms with E-state index in [4.69, 9.17) is 18.9 Å². The van der Waals surface area contributed by atoms with Crippen LogP contribution in [0.1, 0.15) is 44.7 Å². The third kappa shape index (κ3) is 4.24. The van der Waals surface area contributed by atoms with Gasteiger partial charge in [-0.25, -0.2) is 9.59 Å². The second-order valence-electron chi connectivity index (χ2n) is 8.88. The zero-order valence-corrected chi connectivity index (χ0v) is 18.2. The first-order valence-electron chi connectivity index (χ1n) is 10.7. The Morgan fingerprint density at radius 3 is 2.61 bits per heavy atom. The van der Waals surface area contributed by atoms with Gasteiger partial charge < -0.3 is 18.9 Å². The van der Waals surface area contributed by atoms with Crippen LogP contribution in [0.4, 0.5) is 0 Å². The van der Waals surface area contributed by atoms with Crippen molar-refractivity contribution in [2.75, 3.05) is 6.61 Å². The summed E-state index contributed by atoms with van der Waals surface area (Å²) in [5.74, 6) is 0.262. The molecule has 0 amide bonds. The molecule has 2 aliphatic rings. The molecule has 0 aromatic heterocycles. The highest BCUT2D eigenvalue weighted by Gasteiger charge is 2.51. The van der Waals surface area contributed by atoms with E-state index in [0.29, 0.717) is 37.4 Å². The molecule has 0 N–H and O–H groups in total. The summed E-state index contributed by atoms with van der Waals surface area (Å²) in [7, 11) is 0. The topological polar surface area (TPSA) is 71.1 Å². The summed E-state index contributed by atoms with van der Waals surface area (Å²) >= 11 is 0. The van der Waals surface area contributed by atoms with Crippen molar-refractivity contribution in [3.05, 3.63) is 59.7 Å². The van der Waals surface area contributed by atoms with Crippen LogP contribution in [0.15, 0.2) is 48.5 Å². The Morgan fingerprint density at radius 2 is 1.94 bits per heavy atom.